The zero-order valence-corrected chi connectivity index (χ0v) is 28.3. The standard InChI is InChI=1S/C47H29N3S/c1-5-18-41-34(13-1)35-14-2-6-19-42(35)49(41)33-12-9-11-30(27-33)31-23-25-37-36-15-3-7-20-43(36)50(44(37)29-31)47-22-10-17-40(48-47)32-24-26-46-39(28-32)38-16-4-8-21-45(38)51-46/h1-29H. The van der Waals surface area contributed by atoms with Crippen LogP contribution in [0.2, 0.25) is 0 Å². The Hall–Kier alpha value is -6.49. The number of rotatable bonds is 4. The van der Waals surface area contributed by atoms with Crippen LogP contribution in [0.15, 0.2) is 176 Å². The van der Waals surface area contributed by atoms with E-state index in [4.69, 9.17) is 4.98 Å². The molecule has 7 aromatic carbocycles. The van der Waals surface area contributed by atoms with E-state index in [9.17, 15) is 0 Å². The van der Waals surface area contributed by atoms with Gasteiger partial charge >= 0.3 is 0 Å². The van der Waals surface area contributed by atoms with Crippen LogP contribution in [-0.2, 0) is 0 Å². The molecule has 0 spiro atoms. The fourth-order valence-corrected chi connectivity index (χ4v) is 9.10. The van der Waals surface area contributed by atoms with Crippen molar-refractivity contribution in [2.75, 3.05) is 0 Å². The second-order valence-corrected chi connectivity index (χ2v) is 14.3. The van der Waals surface area contributed by atoms with Crippen molar-refractivity contribution in [1.82, 2.24) is 14.1 Å². The molecule has 0 atom stereocenters. The maximum Gasteiger partial charge on any atom is 0.138 e. The Labute approximate surface area is 297 Å². The molecular weight excluding hydrogens is 639 g/mol. The normalized spacial score (nSPS) is 11.9. The van der Waals surface area contributed by atoms with Gasteiger partial charge in [-0.15, -0.1) is 11.3 Å². The average molecular weight is 668 g/mol. The lowest BCUT2D eigenvalue weighted by molar-refractivity contribution is 1.08. The van der Waals surface area contributed by atoms with Crippen molar-refractivity contribution in [2.45, 2.75) is 0 Å². The molecule has 0 aliphatic carbocycles. The monoisotopic (exact) mass is 667 g/mol. The molecule has 0 aliphatic rings. The number of para-hydroxylation sites is 3. The van der Waals surface area contributed by atoms with E-state index in [0.717, 1.165) is 33.8 Å². The Bertz CT molecular complexity index is 3100. The third kappa shape index (κ3) is 4.33. The summed E-state index contributed by atoms with van der Waals surface area (Å²) in [4.78, 5) is 5.33. The van der Waals surface area contributed by atoms with Gasteiger partial charge in [0.2, 0.25) is 0 Å². The molecule has 4 heterocycles. The minimum absolute atomic E-state index is 0.908. The molecule has 0 fully saturated rings. The third-order valence-electron chi connectivity index (χ3n) is 10.3. The summed E-state index contributed by atoms with van der Waals surface area (Å²) in [5, 5.41) is 7.55. The van der Waals surface area contributed by atoms with E-state index in [-0.39, 0.29) is 0 Å². The van der Waals surface area contributed by atoms with E-state index < -0.39 is 0 Å². The lowest BCUT2D eigenvalue weighted by Crippen LogP contribution is -1.98. The zero-order chi connectivity index (χ0) is 33.5. The van der Waals surface area contributed by atoms with Crippen LogP contribution in [0.1, 0.15) is 0 Å². The fourth-order valence-electron chi connectivity index (χ4n) is 8.02. The highest BCUT2D eigenvalue weighted by molar-refractivity contribution is 7.25. The number of benzene rings is 7. The number of nitrogens with zero attached hydrogens (tertiary/aromatic N) is 3. The van der Waals surface area contributed by atoms with Crippen LogP contribution in [0.25, 0.3) is 97.7 Å². The van der Waals surface area contributed by atoms with Crippen LogP contribution in [-0.4, -0.2) is 14.1 Å². The molecule has 0 saturated heterocycles. The Balaban J connectivity index is 1.07. The largest absolute Gasteiger partial charge is 0.309 e. The smallest absolute Gasteiger partial charge is 0.138 e. The molecule has 0 bridgehead atoms. The Morgan fingerprint density at radius 2 is 0.941 bits per heavy atom. The van der Waals surface area contributed by atoms with Crippen LogP contribution in [0.5, 0.6) is 0 Å². The molecule has 0 unspecified atom stereocenters. The average Bonchev–Trinajstić information content (AvgIpc) is 3.85. The summed E-state index contributed by atoms with van der Waals surface area (Å²) in [5.41, 5.74) is 10.3. The molecule has 11 aromatic rings. The van der Waals surface area contributed by atoms with Gasteiger partial charge in [0.1, 0.15) is 5.82 Å². The second kappa shape index (κ2) is 11.0. The Kier molecular flexibility index (Phi) is 6.12. The summed E-state index contributed by atoms with van der Waals surface area (Å²) in [6.45, 7) is 0. The summed E-state index contributed by atoms with van der Waals surface area (Å²) < 4.78 is 7.32. The number of pyridine rings is 1. The maximum absolute atomic E-state index is 5.33. The van der Waals surface area contributed by atoms with Gasteiger partial charge in [-0.25, -0.2) is 4.98 Å². The predicted molar refractivity (Wildman–Crippen MR) is 217 cm³/mol. The van der Waals surface area contributed by atoms with Gasteiger partial charge in [0.15, 0.2) is 0 Å². The summed E-state index contributed by atoms with van der Waals surface area (Å²) in [7, 11) is 0. The summed E-state index contributed by atoms with van der Waals surface area (Å²) in [6.07, 6.45) is 0. The first-order chi connectivity index (χ1) is 25.3. The molecule has 238 valence electrons. The predicted octanol–water partition coefficient (Wildman–Crippen LogP) is 13.0. The van der Waals surface area contributed by atoms with Crippen molar-refractivity contribution in [3.8, 4) is 33.9 Å². The topological polar surface area (TPSA) is 22.8 Å². The molecule has 0 aliphatic heterocycles. The van der Waals surface area contributed by atoms with Crippen molar-refractivity contribution >= 4 is 75.1 Å². The van der Waals surface area contributed by atoms with Gasteiger partial charge in [-0.1, -0.05) is 109 Å². The van der Waals surface area contributed by atoms with E-state index in [2.05, 4.69) is 185 Å². The number of aromatic nitrogens is 3. The van der Waals surface area contributed by atoms with Crippen LogP contribution < -0.4 is 0 Å². The van der Waals surface area contributed by atoms with Crippen molar-refractivity contribution in [3.05, 3.63) is 176 Å². The molecule has 0 amide bonds. The van der Waals surface area contributed by atoms with Gasteiger partial charge < -0.3 is 4.57 Å². The van der Waals surface area contributed by atoms with Crippen molar-refractivity contribution in [1.29, 1.82) is 0 Å². The molecule has 0 saturated carbocycles. The summed E-state index contributed by atoms with van der Waals surface area (Å²) >= 11 is 1.84. The van der Waals surface area contributed by atoms with Gasteiger partial charge in [-0.05, 0) is 77.9 Å². The SMILES string of the molecule is c1cc(-c2ccc3c4ccccc4n(-c4cccc(-c5ccc6sc7ccccc7c6c5)n4)c3c2)cc(-n2c3ccccc3c3ccccc32)c1. The maximum atomic E-state index is 5.33. The van der Waals surface area contributed by atoms with E-state index in [1.165, 1.54) is 63.9 Å². The highest BCUT2D eigenvalue weighted by atomic mass is 32.1. The first-order valence-corrected chi connectivity index (χ1v) is 18.1. The van der Waals surface area contributed by atoms with E-state index in [1.54, 1.807) is 0 Å². The number of hydrogen-bond donors (Lipinski definition) is 0. The Morgan fingerprint density at radius 1 is 0.353 bits per heavy atom. The Morgan fingerprint density at radius 3 is 1.71 bits per heavy atom. The van der Waals surface area contributed by atoms with Gasteiger partial charge in [-0.3, -0.25) is 4.57 Å². The molecule has 0 radical (unpaired) electrons. The van der Waals surface area contributed by atoms with Crippen LogP contribution >= 0.6 is 11.3 Å². The van der Waals surface area contributed by atoms with Gasteiger partial charge in [0.25, 0.3) is 0 Å². The van der Waals surface area contributed by atoms with Gasteiger partial charge in [0, 0.05) is 53.0 Å². The van der Waals surface area contributed by atoms with Crippen molar-refractivity contribution in [2.24, 2.45) is 0 Å². The van der Waals surface area contributed by atoms with Gasteiger partial charge in [-0.2, -0.15) is 0 Å². The molecular formula is C47H29N3S. The first-order valence-electron chi connectivity index (χ1n) is 17.3. The number of fused-ring (bicyclic) bond motifs is 9. The van der Waals surface area contributed by atoms with E-state index in [0.29, 0.717) is 0 Å². The van der Waals surface area contributed by atoms with Crippen LogP contribution in [0, 0.1) is 0 Å². The van der Waals surface area contributed by atoms with E-state index in [1.807, 2.05) is 11.3 Å². The summed E-state index contributed by atoms with van der Waals surface area (Å²) in [6, 6.07) is 63.6. The molecule has 0 N–H and O–H groups in total. The molecule has 51 heavy (non-hydrogen) atoms. The molecule has 3 nitrogen and oxygen atoms in total. The lowest BCUT2D eigenvalue weighted by Gasteiger charge is -2.12. The minimum atomic E-state index is 0.908. The summed E-state index contributed by atoms with van der Waals surface area (Å²) in [5.74, 6) is 0.908. The lowest BCUT2D eigenvalue weighted by atomic mass is 10.0. The van der Waals surface area contributed by atoms with Crippen molar-refractivity contribution < 1.29 is 0 Å². The zero-order valence-electron chi connectivity index (χ0n) is 27.5. The molecule has 4 heteroatoms. The molecule has 11 rings (SSSR count). The van der Waals surface area contributed by atoms with Gasteiger partial charge in [0.05, 0.1) is 27.8 Å². The van der Waals surface area contributed by atoms with Crippen LogP contribution in [0.4, 0.5) is 0 Å². The minimum Gasteiger partial charge on any atom is -0.309 e. The quantitative estimate of drug-likeness (QED) is 0.183. The highest BCUT2D eigenvalue weighted by Crippen LogP contribution is 2.39. The third-order valence-corrected chi connectivity index (χ3v) is 11.5. The first kappa shape index (κ1) is 28.4. The van der Waals surface area contributed by atoms with Crippen molar-refractivity contribution in [3.63, 3.8) is 0 Å². The van der Waals surface area contributed by atoms with E-state index >= 15 is 0 Å². The molecule has 4 aromatic heterocycles. The number of hydrogen-bond acceptors (Lipinski definition) is 2. The number of thiophene rings is 1. The van der Waals surface area contributed by atoms with Crippen LogP contribution in [0.3, 0.4) is 0 Å². The second-order valence-electron chi connectivity index (χ2n) is 13.2. The highest BCUT2D eigenvalue weighted by Gasteiger charge is 2.17. The fraction of sp³-hybridized carbons (Fsp3) is 0.